The van der Waals surface area contributed by atoms with Crippen LogP contribution in [0.15, 0.2) is 14.5 Å². The maximum absolute atomic E-state index is 10.3. The van der Waals surface area contributed by atoms with Crippen LogP contribution in [-0.2, 0) is 0 Å². The summed E-state index contributed by atoms with van der Waals surface area (Å²) in [6, 6.07) is 0. The molecule has 1 aromatic heterocycles. The van der Waals surface area contributed by atoms with Crippen molar-refractivity contribution >= 4 is 5.82 Å². The average Bonchev–Trinajstić information content (AvgIpc) is 2.18. The van der Waals surface area contributed by atoms with Crippen LogP contribution >= 0.6 is 0 Å². The van der Waals surface area contributed by atoms with Gasteiger partial charge in [-0.2, -0.15) is 5.16 Å². The molecule has 1 heterocycles. The van der Waals surface area contributed by atoms with Gasteiger partial charge < -0.3 is 1.43 Å². The molecule has 0 unspecified atom stereocenters. The van der Waals surface area contributed by atoms with Crippen LogP contribution in [0.1, 0.15) is 1.43 Å². The van der Waals surface area contributed by atoms with E-state index in [2.05, 4.69) is 19.8 Å². The Morgan fingerprint density at radius 2 is 2.60 bits per heavy atom. The fourth-order valence-electron chi connectivity index (χ4n) is 0.301. The molecule has 1 rings (SSSR count). The van der Waals surface area contributed by atoms with Crippen LogP contribution in [0, 0.1) is 0 Å². The van der Waals surface area contributed by atoms with Crippen LogP contribution in [0.5, 0.6) is 0 Å². The average molecular weight is 151 g/mol. The predicted molar refractivity (Wildman–Crippen MR) is 27.0 cm³/mol. The summed E-state index contributed by atoms with van der Waals surface area (Å²) < 4.78 is 4.05. The van der Waals surface area contributed by atoms with Gasteiger partial charge in [0.1, 0.15) is 0 Å². The molecule has 48 valence electrons. The summed E-state index contributed by atoms with van der Waals surface area (Å²) >= 11 is 0. The van der Waals surface area contributed by atoms with Gasteiger partial charge in [0.2, 0.25) is 5.82 Å². The maximum atomic E-state index is 10.3. The Kier molecular flexibility index (Phi) is 3.82. The van der Waals surface area contributed by atoms with Crippen molar-refractivity contribution in [2.45, 2.75) is 0 Å². The Morgan fingerprint density at radius 1 is 1.90 bits per heavy atom. The van der Waals surface area contributed by atoms with Crippen molar-refractivity contribution in [3.05, 3.63) is 20.8 Å². The van der Waals surface area contributed by atoms with Crippen LogP contribution < -0.4 is 35.1 Å². The third-order valence-electron chi connectivity index (χ3n) is 0.613. The maximum Gasteiger partial charge on any atom is 1.00 e. The Morgan fingerprint density at radius 3 is 3.00 bits per heavy atom. The number of azide groups is 1. The predicted octanol–water partition coefficient (Wildman–Crippen LogP) is -2.58. The van der Waals surface area contributed by atoms with Gasteiger partial charge in [0.25, 0.3) is 0 Å². The van der Waals surface area contributed by atoms with Crippen LogP contribution in [0.4, 0.5) is 5.82 Å². The minimum atomic E-state index is -0.632. The van der Waals surface area contributed by atoms with E-state index in [9.17, 15) is 4.79 Å². The Labute approximate surface area is 77.8 Å². The Bertz CT molecular complexity index is 299. The molecular formula is C2H2N5NaO2. The van der Waals surface area contributed by atoms with Gasteiger partial charge in [0, 0.05) is 4.91 Å². The first-order valence-corrected chi connectivity index (χ1v) is 1.94. The number of aromatic amines is 1. The Hall–Kier alpha value is -0.750. The zero-order chi connectivity index (χ0) is 6.69. The van der Waals surface area contributed by atoms with E-state index in [-0.39, 0.29) is 36.8 Å². The number of rotatable bonds is 1. The molecule has 0 aromatic carbocycles. The zero-order valence-corrected chi connectivity index (χ0v) is 7.11. The molecule has 10 heavy (non-hydrogen) atoms. The van der Waals surface area contributed by atoms with Gasteiger partial charge in [-0.1, -0.05) is 0 Å². The number of nitrogens with one attached hydrogen (secondary N) is 1. The molecular weight excluding hydrogens is 149 g/mol. The fraction of sp³-hybridized carbons (Fsp3) is 0. The van der Waals surface area contributed by atoms with E-state index in [1.807, 2.05) is 5.16 Å². The van der Waals surface area contributed by atoms with Crippen molar-refractivity contribution < 1.29 is 35.6 Å². The number of hydrogen-bond donors (Lipinski definition) is 1. The smallest absolute Gasteiger partial charge is 1.00 e. The summed E-state index contributed by atoms with van der Waals surface area (Å²) in [5, 5.41) is 7.79. The molecule has 0 radical (unpaired) electrons. The number of nitrogens with zero attached hydrogens (tertiary/aromatic N) is 4. The van der Waals surface area contributed by atoms with Gasteiger partial charge in [-0.15, -0.1) is 0 Å². The summed E-state index contributed by atoms with van der Waals surface area (Å²) in [6.45, 7) is 0. The minimum absolute atomic E-state index is 0. The summed E-state index contributed by atoms with van der Waals surface area (Å²) in [5.41, 5.74) is 7.15. The van der Waals surface area contributed by atoms with E-state index in [4.69, 9.17) is 5.53 Å². The van der Waals surface area contributed by atoms with Crippen LogP contribution in [0.25, 0.3) is 10.4 Å². The minimum Gasteiger partial charge on any atom is -1.00 e. The van der Waals surface area contributed by atoms with Gasteiger partial charge in [-0.3, -0.25) is 9.42 Å². The van der Waals surface area contributed by atoms with Gasteiger partial charge in [0.05, 0.1) is 0 Å². The van der Waals surface area contributed by atoms with Gasteiger partial charge >= 0.3 is 35.1 Å². The summed E-state index contributed by atoms with van der Waals surface area (Å²) in [7, 11) is 0. The van der Waals surface area contributed by atoms with Crippen molar-refractivity contribution in [1.82, 2.24) is 10.3 Å². The monoisotopic (exact) mass is 151 g/mol. The molecule has 0 spiro atoms. The van der Waals surface area contributed by atoms with E-state index in [1.54, 1.807) is 0 Å². The summed E-state index contributed by atoms with van der Waals surface area (Å²) in [5.74, 6) is -0.308. The number of H-pyrrole nitrogens is 1. The van der Waals surface area contributed by atoms with E-state index in [0.717, 1.165) is 0 Å². The topological polar surface area (TPSA) is 108 Å². The second-order valence-electron chi connectivity index (χ2n) is 1.13. The molecule has 1 aromatic rings. The number of hydrogen-bond acceptors (Lipinski definition) is 4. The van der Waals surface area contributed by atoms with E-state index in [1.165, 1.54) is 0 Å². The first-order chi connectivity index (χ1) is 4.34. The fourth-order valence-corrected chi connectivity index (χ4v) is 0.301. The van der Waals surface area contributed by atoms with Crippen LogP contribution in [0.3, 0.4) is 0 Å². The van der Waals surface area contributed by atoms with Crippen LogP contribution in [-0.4, -0.2) is 10.3 Å². The van der Waals surface area contributed by atoms with Crippen molar-refractivity contribution in [2.24, 2.45) is 5.11 Å². The van der Waals surface area contributed by atoms with Crippen molar-refractivity contribution in [1.29, 1.82) is 0 Å². The molecule has 0 aliphatic carbocycles. The third-order valence-corrected chi connectivity index (χ3v) is 0.613. The second-order valence-corrected chi connectivity index (χ2v) is 1.13. The second kappa shape index (κ2) is 4.13. The first-order valence-electron chi connectivity index (χ1n) is 1.94. The van der Waals surface area contributed by atoms with Crippen LogP contribution in [0.2, 0.25) is 0 Å². The largest absolute Gasteiger partial charge is 1.00 e. The Balaban J connectivity index is 0. The number of aromatic nitrogens is 2. The first kappa shape index (κ1) is 9.25. The van der Waals surface area contributed by atoms with Gasteiger partial charge in [-0.05, 0) is 15.8 Å². The molecule has 0 fully saturated rings. The van der Waals surface area contributed by atoms with Crippen molar-refractivity contribution in [2.75, 3.05) is 0 Å². The molecule has 0 atom stereocenters. The molecule has 0 aliphatic rings. The van der Waals surface area contributed by atoms with Crippen molar-refractivity contribution in [3.8, 4) is 0 Å². The zero-order valence-electron chi connectivity index (χ0n) is 6.11. The SMILES string of the molecule is [H-].[N-]=[N+]=Nc1no[nH]c1=O.[Na+]. The molecule has 0 aliphatic heterocycles. The standard InChI is InChI=1S/C2HN5O2.Na.H/c3-7-4-1-2(8)6-9-5-1;;/h(H,6,8);;/q;+1;-1. The molecule has 0 amide bonds. The van der Waals surface area contributed by atoms with Gasteiger partial charge in [0.15, 0.2) is 0 Å². The molecule has 8 heteroatoms. The van der Waals surface area contributed by atoms with Gasteiger partial charge in [-0.25, -0.2) is 0 Å². The molecule has 0 saturated heterocycles. The van der Waals surface area contributed by atoms with E-state index >= 15 is 0 Å². The quantitative estimate of drug-likeness (QED) is 0.206. The van der Waals surface area contributed by atoms with E-state index < -0.39 is 5.56 Å². The normalized spacial score (nSPS) is 7.60. The van der Waals surface area contributed by atoms with E-state index in [0.29, 0.717) is 0 Å². The molecule has 7 nitrogen and oxygen atoms in total. The summed E-state index contributed by atoms with van der Waals surface area (Å²) in [4.78, 5) is 12.7. The van der Waals surface area contributed by atoms with Crippen molar-refractivity contribution in [3.63, 3.8) is 0 Å². The molecule has 1 N–H and O–H groups in total. The molecule has 0 saturated carbocycles. The summed E-state index contributed by atoms with van der Waals surface area (Å²) in [6.07, 6.45) is 0. The molecule has 0 bridgehead atoms. The third kappa shape index (κ3) is 1.89.